The van der Waals surface area contributed by atoms with Gasteiger partial charge in [-0.25, -0.2) is 0 Å². The molecule has 1 saturated carbocycles. The molecular formula is C13H18BrNO. The van der Waals surface area contributed by atoms with Crippen molar-refractivity contribution in [3.63, 3.8) is 0 Å². The Morgan fingerprint density at radius 1 is 1.44 bits per heavy atom. The van der Waals surface area contributed by atoms with Crippen molar-refractivity contribution in [2.24, 2.45) is 5.73 Å². The van der Waals surface area contributed by atoms with Crippen LogP contribution in [0.2, 0.25) is 0 Å². The standard InChI is InChI=1S/C13H18BrNO/c1-8-6-10(14)9(2)12(16)11(8)13(7-15)4-3-5-13/h6,16H,3-5,7,15H2,1-2H3. The fraction of sp³-hybridized carbons (Fsp3) is 0.538. The van der Waals surface area contributed by atoms with Crippen molar-refractivity contribution >= 4 is 15.9 Å². The third kappa shape index (κ3) is 1.57. The van der Waals surface area contributed by atoms with E-state index in [1.165, 1.54) is 6.42 Å². The lowest BCUT2D eigenvalue weighted by molar-refractivity contribution is 0.243. The molecular weight excluding hydrogens is 266 g/mol. The van der Waals surface area contributed by atoms with Gasteiger partial charge in [-0.3, -0.25) is 0 Å². The van der Waals surface area contributed by atoms with Gasteiger partial charge in [-0.15, -0.1) is 0 Å². The van der Waals surface area contributed by atoms with Crippen molar-refractivity contribution in [3.05, 3.63) is 27.2 Å². The van der Waals surface area contributed by atoms with E-state index in [9.17, 15) is 5.11 Å². The van der Waals surface area contributed by atoms with Gasteiger partial charge in [0.15, 0.2) is 0 Å². The van der Waals surface area contributed by atoms with Gasteiger partial charge in [0, 0.05) is 27.6 Å². The zero-order valence-corrected chi connectivity index (χ0v) is 11.4. The fourth-order valence-electron chi connectivity index (χ4n) is 2.69. The molecule has 1 fully saturated rings. The van der Waals surface area contributed by atoms with Crippen LogP contribution in [0, 0.1) is 13.8 Å². The number of aryl methyl sites for hydroxylation is 1. The Balaban J connectivity index is 2.60. The van der Waals surface area contributed by atoms with Crippen LogP contribution in [0.15, 0.2) is 10.5 Å². The molecule has 0 bridgehead atoms. The molecule has 0 aliphatic heterocycles. The second-order valence-corrected chi connectivity index (χ2v) is 5.72. The molecule has 0 spiro atoms. The van der Waals surface area contributed by atoms with E-state index in [1.807, 2.05) is 6.92 Å². The SMILES string of the molecule is Cc1cc(Br)c(C)c(O)c1C1(CN)CCC1. The molecule has 1 aromatic carbocycles. The van der Waals surface area contributed by atoms with Crippen LogP contribution < -0.4 is 5.73 Å². The third-order valence-corrected chi connectivity index (χ3v) is 4.74. The van der Waals surface area contributed by atoms with Crippen molar-refractivity contribution < 1.29 is 5.11 Å². The van der Waals surface area contributed by atoms with Crippen LogP contribution in [0.1, 0.15) is 36.0 Å². The van der Waals surface area contributed by atoms with E-state index < -0.39 is 0 Å². The molecule has 0 amide bonds. The number of rotatable bonds is 2. The minimum absolute atomic E-state index is 0.0274. The summed E-state index contributed by atoms with van der Waals surface area (Å²) >= 11 is 3.47. The zero-order valence-electron chi connectivity index (χ0n) is 9.81. The number of hydrogen-bond acceptors (Lipinski definition) is 2. The predicted octanol–water partition coefficient (Wildman–Crippen LogP) is 3.15. The Kier molecular flexibility index (Phi) is 3.01. The first-order valence-electron chi connectivity index (χ1n) is 5.71. The van der Waals surface area contributed by atoms with Gasteiger partial charge in [-0.05, 0) is 38.3 Å². The maximum atomic E-state index is 10.3. The Morgan fingerprint density at radius 3 is 2.50 bits per heavy atom. The van der Waals surface area contributed by atoms with E-state index in [2.05, 4.69) is 28.9 Å². The fourth-order valence-corrected chi connectivity index (χ4v) is 3.22. The van der Waals surface area contributed by atoms with Gasteiger partial charge in [-0.2, -0.15) is 0 Å². The summed E-state index contributed by atoms with van der Waals surface area (Å²) in [4.78, 5) is 0. The topological polar surface area (TPSA) is 46.2 Å². The Labute approximate surface area is 105 Å². The molecule has 1 aliphatic rings. The van der Waals surface area contributed by atoms with Crippen LogP contribution in [0.4, 0.5) is 0 Å². The number of halogens is 1. The first-order valence-corrected chi connectivity index (χ1v) is 6.50. The van der Waals surface area contributed by atoms with Crippen LogP contribution in [-0.2, 0) is 5.41 Å². The maximum Gasteiger partial charge on any atom is 0.123 e. The van der Waals surface area contributed by atoms with Gasteiger partial charge in [0.05, 0.1) is 0 Å². The first-order chi connectivity index (χ1) is 7.52. The summed E-state index contributed by atoms with van der Waals surface area (Å²) in [6, 6.07) is 2.08. The molecule has 0 radical (unpaired) electrons. The quantitative estimate of drug-likeness (QED) is 0.876. The lowest BCUT2D eigenvalue weighted by Gasteiger charge is -2.43. The van der Waals surface area contributed by atoms with E-state index >= 15 is 0 Å². The highest BCUT2D eigenvalue weighted by Gasteiger charge is 2.40. The van der Waals surface area contributed by atoms with E-state index in [1.54, 1.807) is 0 Å². The highest BCUT2D eigenvalue weighted by atomic mass is 79.9. The molecule has 0 aromatic heterocycles. The summed E-state index contributed by atoms with van der Waals surface area (Å²) in [5, 5.41) is 10.3. The Bertz CT molecular complexity index is 419. The summed E-state index contributed by atoms with van der Waals surface area (Å²) in [7, 11) is 0. The van der Waals surface area contributed by atoms with Crippen molar-refractivity contribution in [1.82, 2.24) is 0 Å². The van der Waals surface area contributed by atoms with Gasteiger partial charge in [0.2, 0.25) is 0 Å². The summed E-state index contributed by atoms with van der Waals surface area (Å²) < 4.78 is 0.970. The van der Waals surface area contributed by atoms with Crippen molar-refractivity contribution in [1.29, 1.82) is 0 Å². The van der Waals surface area contributed by atoms with Crippen LogP contribution >= 0.6 is 15.9 Å². The van der Waals surface area contributed by atoms with E-state index in [-0.39, 0.29) is 5.41 Å². The van der Waals surface area contributed by atoms with E-state index in [4.69, 9.17) is 5.73 Å². The number of hydrogen-bond donors (Lipinski definition) is 2. The second-order valence-electron chi connectivity index (χ2n) is 4.86. The molecule has 1 aromatic rings. The number of aromatic hydroxyl groups is 1. The van der Waals surface area contributed by atoms with Gasteiger partial charge in [0.1, 0.15) is 5.75 Å². The minimum atomic E-state index is 0.0274. The van der Waals surface area contributed by atoms with Crippen LogP contribution in [0.5, 0.6) is 5.75 Å². The number of phenols is 1. The zero-order chi connectivity index (χ0) is 11.9. The molecule has 1 aliphatic carbocycles. The first kappa shape index (κ1) is 11.9. The molecule has 3 N–H and O–H groups in total. The van der Waals surface area contributed by atoms with E-state index in [0.29, 0.717) is 12.3 Å². The molecule has 2 nitrogen and oxygen atoms in total. The molecule has 0 atom stereocenters. The average Bonchev–Trinajstić information content (AvgIpc) is 2.18. The average molecular weight is 284 g/mol. The largest absolute Gasteiger partial charge is 0.507 e. The lowest BCUT2D eigenvalue weighted by atomic mass is 9.63. The highest BCUT2D eigenvalue weighted by Crippen LogP contribution is 2.49. The van der Waals surface area contributed by atoms with Gasteiger partial charge in [-0.1, -0.05) is 22.4 Å². The predicted molar refractivity (Wildman–Crippen MR) is 69.9 cm³/mol. The second kappa shape index (κ2) is 4.04. The molecule has 0 unspecified atom stereocenters. The number of phenolic OH excluding ortho intramolecular Hbond substituents is 1. The van der Waals surface area contributed by atoms with Gasteiger partial charge < -0.3 is 10.8 Å². The Morgan fingerprint density at radius 2 is 2.06 bits per heavy atom. The van der Waals surface area contributed by atoms with E-state index in [0.717, 1.165) is 34.0 Å². The molecule has 16 heavy (non-hydrogen) atoms. The monoisotopic (exact) mass is 283 g/mol. The minimum Gasteiger partial charge on any atom is -0.507 e. The molecule has 2 rings (SSSR count). The van der Waals surface area contributed by atoms with Crippen molar-refractivity contribution in [2.45, 2.75) is 38.5 Å². The summed E-state index contributed by atoms with van der Waals surface area (Å²) in [6.07, 6.45) is 3.41. The maximum absolute atomic E-state index is 10.3. The van der Waals surface area contributed by atoms with Crippen molar-refractivity contribution in [2.75, 3.05) is 6.54 Å². The number of nitrogens with two attached hydrogens (primary N) is 1. The lowest BCUT2D eigenvalue weighted by Crippen LogP contribution is -2.42. The smallest absolute Gasteiger partial charge is 0.123 e. The number of benzene rings is 1. The van der Waals surface area contributed by atoms with Crippen LogP contribution in [0.25, 0.3) is 0 Å². The summed E-state index contributed by atoms with van der Waals surface area (Å²) in [6.45, 7) is 4.61. The van der Waals surface area contributed by atoms with Crippen molar-refractivity contribution in [3.8, 4) is 5.75 Å². The van der Waals surface area contributed by atoms with Crippen LogP contribution in [0.3, 0.4) is 0 Å². The normalized spacial score (nSPS) is 18.2. The van der Waals surface area contributed by atoms with Gasteiger partial charge >= 0.3 is 0 Å². The third-order valence-electron chi connectivity index (χ3n) is 3.92. The molecule has 88 valence electrons. The summed E-state index contributed by atoms with van der Waals surface area (Å²) in [5.74, 6) is 0.428. The van der Waals surface area contributed by atoms with Gasteiger partial charge in [0.25, 0.3) is 0 Å². The Hall–Kier alpha value is -0.540. The molecule has 3 heteroatoms. The molecule has 0 saturated heterocycles. The molecule has 0 heterocycles. The van der Waals surface area contributed by atoms with Crippen LogP contribution in [-0.4, -0.2) is 11.7 Å². The summed E-state index contributed by atoms with van der Waals surface area (Å²) in [5.41, 5.74) is 9.06. The highest BCUT2D eigenvalue weighted by molar-refractivity contribution is 9.10.